The molecule has 4 aromatic rings. The fourth-order valence-electron chi connectivity index (χ4n) is 3.75. The fraction of sp³-hybridized carbons (Fsp3) is 0.250. The Hall–Kier alpha value is -2.94. The van der Waals surface area contributed by atoms with Crippen LogP contribution in [-0.4, -0.2) is 15.6 Å². The molecule has 0 bridgehead atoms. The Morgan fingerprint density at radius 1 is 0.889 bits per heavy atom. The zero-order valence-corrected chi connectivity index (χ0v) is 15.9. The average Bonchev–Trinajstić information content (AvgIpc) is 3.07. The summed E-state index contributed by atoms with van der Waals surface area (Å²) in [6.07, 6.45) is 3.41. The van der Waals surface area contributed by atoms with Crippen molar-refractivity contribution in [1.29, 1.82) is 0 Å². The van der Waals surface area contributed by atoms with Gasteiger partial charge in [-0.1, -0.05) is 74.4 Å². The average molecular weight is 356 g/mol. The molecule has 0 amide bonds. The number of aromatic nitrogens is 2. The maximum atomic E-state index is 13.5. The third-order valence-corrected chi connectivity index (χ3v) is 5.23. The first-order chi connectivity index (χ1) is 13.2. The van der Waals surface area contributed by atoms with E-state index in [1.807, 2.05) is 53.2 Å². The number of carbonyl (C=O) groups excluding carboxylic acids is 1. The number of ketones is 1. The molecular formula is C24H24N2O. The second-order valence-electron chi connectivity index (χ2n) is 7.10. The summed E-state index contributed by atoms with van der Waals surface area (Å²) >= 11 is 0. The summed E-state index contributed by atoms with van der Waals surface area (Å²) in [4.78, 5) is 13.5. The summed E-state index contributed by atoms with van der Waals surface area (Å²) in [6.45, 7) is 5.11. The number of carbonyl (C=O) groups is 1. The number of benzene rings is 3. The Balaban J connectivity index is 1.83. The molecule has 136 valence electrons. The van der Waals surface area contributed by atoms with E-state index in [0.717, 1.165) is 40.2 Å². The molecule has 3 heteroatoms. The highest BCUT2D eigenvalue weighted by molar-refractivity contribution is 6.20. The first-order valence-corrected chi connectivity index (χ1v) is 9.69. The van der Waals surface area contributed by atoms with Crippen molar-refractivity contribution in [2.45, 2.75) is 39.7 Å². The van der Waals surface area contributed by atoms with Gasteiger partial charge in [-0.2, -0.15) is 5.10 Å². The van der Waals surface area contributed by atoms with Gasteiger partial charge in [-0.25, -0.2) is 0 Å². The van der Waals surface area contributed by atoms with Crippen molar-refractivity contribution < 1.29 is 4.79 Å². The lowest BCUT2D eigenvalue weighted by molar-refractivity contribution is 0.103. The number of fused-ring (bicyclic) bond motifs is 2. The van der Waals surface area contributed by atoms with Gasteiger partial charge in [-0.15, -0.1) is 0 Å². The first-order valence-electron chi connectivity index (χ1n) is 9.69. The van der Waals surface area contributed by atoms with Gasteiger partial charge in [0.2, 0.25) is 5.78 Å². The summed E-state index contributed by atoms with van der Waals surface area (Å²) < 4.78 is 1.99. The predicted octanol–water partition coefficient (Wildman–Crippen LogP) is 5.92. The van der Waals surface area contributed by atoms with Crippen LogP contribution in [0.1, 0.15) is 47.8 Å². The van der Waals surface area contributed by atoms with Crippen molar-refractivity contribution in [3.63, 3.8) is 0 Å². The second kappa shape index (κ2) is 7.36. The largest absolute Gasteiger partial charge is 0.287 e. The van der Waals surface area contributed by atoms with Crippen LogP contribution in [0.5, 0.6) is 0 Å². The van der Waals surface area contributed by atoms with Gasteiger partial charge in [-0.3, -0.25) is 9.48 Å². The monoisotopic (exact) mass is 356 g/mol. The smallest absolute Gasteiger partial charge is 0.214 e. The molecule has 4 rings (SSSR count). The van der Waals surface area contributed by atoms with Crippen LogP contribution in [0.3, 0.4) is 0 Å². The quantitative estimate of drug-likeness (QED) is 0.317. The van der Waals surface area contributed by atoms with E-state index in [4.69, 9.17) is 5.10 Å². The molecule has 0 atom stereocenters. The number of para-hydroxylation sites is 1. The number of hydrogen-bond donors (Lipinski definition) is 0. The minimum Gasteiger partial charge on any atom is -0.287 e. The molecule has 0 N–H and O–H groups in total. The zero-order chi connectivity index (χ0) is 18.8. The Bertz CT molecular complexity index is 1120. The molecule has 1 aromatic heterocycles. The van der Waals surface area contributed by atoms with E-state index in [9.17, 15) is 4.79 Å². The standard InChI is InChI=1S/C24H24N2O/c1-3-4-9-16-26-22-13-8-7-12-21(22)23(25-26)24(27)20-15-14-17(2)18-10-5-6-11-19(18)20/h5-8,10-15H,3-4,9,16H2,1-2H3. The maximum Gasteiger partial charge on any atom is 0.214 e. The molecule has 1 heterocycles. The summed E-state index contributed by atoms with van der Waals surface area (Å²) in [5.41, 5.74) is 3.49. The highest BCUT2D eigenvalue weighted by Gasteiger charge is 2.20. The molecule has 3 aromatic carbocycles. The first kappa shape index (κ1) is 17.5. The van der Waals surface area contributed by atoms with Gasteiger partial charge in [0.05, 0.1) is 5.52 Å². The minimum atomic E-state index is -0.00311. The molecule has 0 aliphatic rings. The molecule has 0 spiro atoms. The van der Waals surface area contributed by atoms with Gasteiger partial charge in [0.25, 0.3) is 0 Å². The van der Waals surface area contributed by atoms with Crippen molar-refractivity contribution in [2.24, 2.45) is 0 Å². The molecule has 3 nitrogen and oxygen atoms in total. The lowest BCUT2D eigenvalue weighted by Gasteiger charge is -2.07. The van der Waals surface area contributed by atoms with E-state index in [-0.39, 0.29) is 5.78 Å². The minimum absolute atomic E-state index is 0.00311. The Morgan fingerprint density at radius 2 is 1.59 bits per heavy atom. The molecule has 0 saturated heterocycles. The van der Waals surface area contributed by atoms with Crippen LogP contribution < -0.4 is 0 Å². The molecule has 0 unspecified atom stereocenters. The van der Waals surface area contributed by atoms with Crippen LogP contribution in [0.2, 0.25) is 0 Å². The number of unbranched alkanes of at least 4 members (excludes halogenated alkanes) is 2. The predicted molar refractivity (Wildman–Crippen MR) is 111 cm³/mol. The third-order valence-electron chi connectivity index (χ3n) is 5.23. The Kier molecular flexibility index (Phi) is 4.76. The summed E-state index contributed by atoms with van der Waals surface area (Å²) in [5.74, 6) is -0.00311. The molecule has 0 aliphatic heterocycles. The SMILES string of the molecule is CCCCCn1nc(C(=O)c2ccc(C)c3ccccc23)c2ccccc21. The van der Waals surface area contributed by atoms with E-state index < -0.39 is 0 Å². The van der Waals surface area contributed by atoms with Crippen molar-refractivity contribution in [3.8, 4) is 0 Å². The highest BCUT2D eigenvalue weighted by Crippen LogP contribution is 2.27. The van der Waals surface area contributed by atoms with Crippen LogP contribution in [-0.2, 0) is 6.54 Å². The topological polar surface area (TPSA) is 34.9 Å². The van der Waals surface area contributed by atoms with Gasteiger partial charge >= 0.3 is 0 Å². The molecule has 0 radical (unpaired) electrons. The highest BCUT2D eigenvalue weighted by atomic mass is 16.1. The van der Waals surface area contributed by atoms with Crippen molar-refractivity contribution in [1.82, 2.24) is 9.78 Å². The van der Waals surface area contributed by atoms with Crippen LogP contribution in [0, 0.1) is 6.92 Å². The van der Waals surface area contributed by atoms with Crippen LogP contribution in [0.25, 0.3) is 21.7 Å². The lowest BCUT2D eigenvalue weighted by Crippen LogP contribution is -2.06. The number of nitrogens with zero attached hydrogens (tertiary/aromatic N) is 2. The fourth-order valence-corrected chi connectivity index (χ4v) is 3.75. The lowest BCUT2D eigenvalue weighted by atomic mass is 9.96. The molecule has 0 aliphatic carbocycles. The molecule has 27 heavy (non-hydrogen) atoms. The van der Waals surface area contributed by atoms with E-state index in [1.165, 1.54) is 18.4 Å². The van der Waals surface area contributed by atoms with E-state index >= 15 is 0 Å². The third kappa shape index (κ3) is 3.14. The van der Waals surface area contributed by atoms with Crippen LogP contribution >= 0.6 is 0 Å². The summed E-state index contributed by atoms with van der Waals surface area (Å²) in [6, 6.07) is 20.1. The molecular weight excluding hydrogens is 332 g/mol. The normalized spacial score (nSPS) is 11.3. The number of aryl methyl sites for hydroxylation is 2. The van der Waals surface area contributed by atoms with Crippen LogP contribution in [0.15, 0.2) is 60.7 Å². The summed E-state index contributed by atoms with van der Waals surface area (Å²) in [7, 11) is 0. The number of rotatable bonds is 6. The van der Waals surface area contributed by atoms with Crippen molar-refractivity contribution in [2.75, 3.05) is 0 Å². The van der Waals surface area contributed by atoms with Crippen LogP contribution in [0.4, 0.5) is 0 Å². The second-order valence-corrected chi connectivity index (χ2v) is 7.10. The van der Waals surface area contributed by atoms with Gasteiger partial charge < -0.3 is 0 Å². The Morgan fingerprint density at radius 3 is 2.37 bits per heavy atom. The van der Waals surface area contributed by atoms with Crippen molar-refractivity contribution in [3.05, 3.63) is 77.5 Å². The van der Waals surface area contributed by atoms with E-state index in [0.29, 0.717) is 5.69 Å². The number of hydrogen-bond acceptors (Lipinski definition) is 2. The van der Waals surface area contributed by atoms with Gasteiger partial charge in [0.1, 0.15) is 5.69 Å². The summed E-state index contributed by atoms with van der Waals surface area (Å²) in [5, 5.41) is 7.78. The molecule has 0 saturated carbocycles. The van der Waals surface area contributed by atoms with E-state index in [1.54, 1.807) is 0 Å². The van der Waals surface area contributed by atoms with Gasteiger partial charge in [0.15, 0.2) is 0 Å². The Labute approximate surface area is 159 Å². The van der Waals surface area contributed by atoms with E-state index in [2.05, 4.69) is 26.0 Å². The zero-order valence-electron chi connectivity index (χ0n) is 15.9. The maximum absolute atomic E-state index is 13.5. The van der Waals surface area contributed by atoms with Gasteiger partial charge in [0, 0.05) is 17.5 Å². The molecule has 0 fully saturated rings. The van der Waals surface area contributed by atoms with Crippen molar-refractivity contribution >= 4 is 27.5 Å². The van der Waals surface area contributed by atoms with Gasteiger partial charge in [-0.05, 0) is 35.7 Å².